The molecule has 24 heavy (non-hydrogen) atoms. The molecule has 0 saturated carbocycles. The lowest BCUT2D eigenvalue weighted by atomic mass is 10.3. The van der Waals surface area contributed by atoms with E-state index < -0.39 is 0 Å². The number of aromatic nitrogens is 3. The normalized spacial score (nSPS) is 11.5. The van der Waals surface area contributed by atoms with E-state index in [1.807, 2.05) is 53.6 Å². The van der Waals surface area contributed by atoms with Gasteiger partial charge in [0.25, 0.3) is 5.91 Å². The minimum absolute atomic E-state index is 0.160. The van der Waals surface area contributed by atoms with Crippen LogP contribution in [0.5, 0.6) is 0 Å². The van der Waals surface area contributed by atoms with Gasteiger partial charge in [0.05, 0.1) is 23.1 Å². The molecule has 0 fully saturated rings. The summed E-state index contributed by atoms with van der Waals surface area (Å²) < 4.78 is 9.95. The lowest BCUT2D eigenvalue weighted by Crippen LogP contribution is -2.26. The smallest absolute Gasteiger partial charge is 0.268 e. The zero-order valence-corrected chi connectivity index (χ0v) is 14.8. The van der Waals surface area contributed by atoms with Crippen LogP contribution in [0.3, 0.4) is 0 Å². The standard InChI is InChI=1S/C17H15BrN4O2/c1-21-12-8-15(18)24-14(12)7-13(21)17(23)19-9-16-20-10-5-3-4-6-11(10)22(16)2/h3-8H,9H2,1-2H3,(H,19,23). The van der Waals surface area contributed by atoms with Gasteiger partial charge in [0, 0.05) is 26.2 Å². The van der Waals surface area contributed by atoms with Crippen molar-refractivity contribution in [2.75, 3.05) is 0 Å². The van der Waals surface area contributed by atoms with Crippen molar-refractivity contribution in [1.29, 1.82) is 0 Å². The molecule has 7 heteroatoms. The molecule has 0 bridgehead atoms. The summed E-state index contributed by atoms with van der Waals surface area (Å²) in [4.78, 5) is 17.1. The monoisotopic (exact) mass is 386 g/mol. The molecule has 1 aromatic carbocycles. The second-order valence-corrected chi connectivity index (χ2v) is 6.43. The summed E-state index contributed by atoms with van der Waals surface area (Å²) in [5.41, 5.74) is 4.07. The van der Waals surface area contributed by atoms with Gasteiger partial charge in [-0.15, -0.1) is 0 Å². The number of nitrogens with one attached hydrogen (secondary N) is 1. The number of halogens is 1. The molecule has 122 valence electrons. The molecule has 4 aromatic rings. The van der Waals surface area contributed by atoms with Gasteiger partial charge >= 0.3 is 0 Å². The van der Waals surface area contributed by atoms with Gasteiger partial charge in [0.1, 0.15) is 11.5 Å². The van der Waals surface area contributed by atoms with Gasteiger partial charge in [0.2, 0.25) is 0 Å². The molecule has 0 atom stereocenters. The van der Waals surface area contributed by atoms with Crippen LogP contribution in [0.1, 0.15) is 16.3 Å². The van der Waals surface area contributed by atoms with E-state index in [0.29, 0.717) is 22.5 Å². The van der Waals surface area contributed by atoms with Crippen LogP contribution in [-0.2, 0) is 20.6 Å². The van der Waals surface area contributed by atoms with E-state index in [-0.39, 0.29) is 5.91 Å². The largest absolute Gasteiger partial charge is 0.448 e. The second kappa shape index (κ2) is 5.52. The Labute approximate surface area is 146 Å². The van der Waals surface area contributed by atoms with Crippen LogP contribution in [-0.4, -0.2) is 20.0 Å². The molecule has 0 aliphatic rings. The molecule has 3 heterocycles. The lowest BCUT2D eigenvalue weighted by Gasteiger charge is -2.06. The maximum absolute atomic E-state index is 12.5. The molecule has 4 rings (SSSR count). The zero-order valence-electron chi connectivity index (χ0n) is 13.2. The third-order valence-corrected chi connectivity index (χ3v) is 4.61. The molecular formula is C17H15BrN4O2. The van der Waals surface area contributed by atoms with Crippen molar-refractivity contribution in [3.8, 4) is 0 Å². The minimum Gasteiger partial charge on any atom is -0.448 e. The molecule has 0 radical (unpaired) electrons. The molecule has 0 spiro atoms. The van der Waals surface area contributed by atoms with Gasteiger partial charge in [0.15, 0.2) is 10.3 Å². The fraction of sp³-hybridized carbons (Fsp3) is 0.176. The zero-order chi connectivity index (χ0) is 16.8. The number of carbonyl (C=O) groups is 1. The number of nitrogens with zero attached hydrogens (tertiary/aromatic N) is 3. The molecule has 3 aromatic heterocycles. The molecule has 0 aliphatic heterocycles. The van der Waals surface area contributed by atoms with Crippen LogP contribution < -0.4 is 5.32 Å². The summed E-state index contributed by atoms with van der Waals surface area (Å²) in [5.74, 6) is 0.650. The number of carbonyl (C=O) groups excluding carboxylic acids is 1. The number of amides is 1. The average Bonchev–Trinajstić information content (AvgIpc) is 3.19. The Morgan fingerprint density at radius 2 is 2.00 bits per heavy atom. The van der Waals surface area contributed by atoms with Gasteiger partial charge in [-0.1, -0.05) is 12.1 Å². The predicted octanol–water partition coefficient (Wildman–Crippen LogP) is 3.35. The van der Waals surface area contributed by atoms with E-state index in [4.69, 9.17) is 4.42 Å². The highest BCUT2D eigenvalue weighted by Gasteiger charge is 2.17. The Morgan fingerprint density at radius 1 is 1.21 bits per heavy atom. The first-order valence-electron chi connectivity index (χ1n) is 7.48. The van der Waals surface area contributed by atoms with Crippen LogP contribution in [0.25, 0.3) is 22.1 Å². The number of aryl methyl sites for hydroxylation is 2. The van der Waals surface area contributed by atoms with Gasteiger partial charge in [-0.05, 0) is 28.1 Å². The van der Waals surface area contributed by atoms with E-state index in [0.717, 1.165) is 22.4 Å². The molecule has 6 nitrogen and oxygen atoms in total. The number of para-hydroxylation sites is 2. The Kier molecular flexibility index (Phi) is 3.45. The number of hydrogen-bond acceptors (Lipinski definition) is 3. The highest BCUT2D eigenvalue weighted by molar-refractivity contribution is 9.10. The first-order valence-corrected chi connectivity index (χ1v) is 8.27. The lowest BCUT2D eigenvalue weighted by molar-refractivity contribution is 0.0942. The average molecular weight is 387 g/mol. The summed E-state index contributed by atoms with van der Waals surface area (Å²) in [6, 6.07) is 11.5. The van der Waals surface area contributed by atoms with Crippen molar-refractivity contribution < 1.29 is 9.21 Å². The van der Waals surface area contributed by atoms with Crippen LogP contribution in [0.4, 0.5) is 0 Å². The maximum Gasteiger partial charge on any atom is 0.268 e. The SMILES string of the molecule is Cn1c(CNC(=O)c2cc3oc(Br)cc3n2C)nc2ccccc21. The Hall–Kier alpha value is -2.54. The van der Waals surface area contributed by atoms with Crippen LogP contribution in [0.15, 0.2) is 45.5 Å². The highest BCUT2D eigenvalue weighted by Crippen LogP contribution is 2.26. The van der Waals surface area contributed by atoms with Crippen LogP contribution in [0, 0.1) is 0 Å². The molecule has 1 amide bonds. The number of benzene rings is 1. The molecule has 0 unspecified atom stereocenters. The fourth-order valence-electron chi connectivity index (χ4n) is 2.90. The van der Waals surface area contributed by atoms with E-state index in [1.165, 1.54) is 0 Å². The van der Waals surface area contributed by atoms with E-state index in [9.17, 15) is 4.79 Å². The summed E-state index contributed by atoms with van der Waals surface area (Å²) >= 11 is 3.29. The Morgan fingerprint density at radius 3 is 2.75 bits per heavy atom. The molecule has 1 N–H and O–H groups in total. The Bertz CT molecular complexity index is 1070. The van der Waals surface area contributed by atoms with Crippen molar-refractivity contribution in [3.63, 3.8) is 0 Å². The summed E-state index contributed by atoms with van der Waals surface area (Å²) in [7, 11) is 3.79. The van der Waals surface area contributed by atoms with Crippen molar-refractivity contribution in [2.45, 2.75) is 6.54 Å². The summed E-state index contributed by atoms with van der Waals surface area (Å²) in [6.07, 6.45) is 0. The van der Waals surface area contributed by atoms with Crippen molar-refractivity contribution in [2.24, 2.45) is 14.1 Å². The quantitative estimate of drug-likeness (QED) is 0.587. The van der Waals surface area contributed by atoms with E-state index in [2.05, 4.69) is 26.2 Å². The first kappa shape index (κ1) is 15.0. The van der Waals surface area contributed by atoms with Crippen LogP contribution >= 0.6 is 15.9 Å². The summed E-state index contributed by atoms with van der Waals surface area (Å²) in [5, 5.41) is 2.93. The number of furan rings is 1. The van der Waals surface area contributed by atoms with Crippen LogP contribution in [0.2, 0.25) is 0 Å². The fourth-order valence-corrected chi connectivity index (χ4v) is 3.29. The van der Waals surface area contributed by atoms with Gasteiger partial charge < -0.3 is 18.9 Å². The molecular weight excluding hydrogens is 372 g/mol. The van der Waals surface area contributed by atoms with Crippen molar-refractivity contribution in [1.82, 2.24) is 19.4 Å². The number of imidazole rings is 1. The van der Waals surface area contributed by atoms with E-state index in [1.54, 1.807) is 6.07 Å². The molecule has 0 aliphatic carbocycles. The molecule has 0 saturated heterocycles. The van der Waals surface area contributed by atoms with E-state index >= 15 is 0 Å². The third kappa shape index (κ3) is 2.32. The predicted molar refractivity (Wildman–Crippen MR) is 94.8 cm³/mol. The van der Waals surface area contributed by atoms with Gasteiger partial charge in [-0.25, -0.2) is 4.98 Å². The maximum atomic E-state index is 12.5. The first-order chi connectivity index (χ1) is 11.5. The highest BCUT2D eigenvalue weighted by atomic mass is 79.9. The summed E-state index contributed by atoms with van der Waals surface area (Å²) in [6.45, 7) is 0.361. The number of fused-ring (bicyclic) bond motifs is 2. The van der Waals surface area contributed by atoms with Gasteiger partial charge in [-0.3, -0.25) is 4.79 Å². The third-order valence-electron chi connectivity index (χ3n) is 4.22. The second-order valence-electron chi connectivity index (χ2n) is 5.65. The number of rotatable bonds is 3. The minimum atomic E-state index is -0.160. The Balaban J connectivity index is 1.57. The van der Waals surface area contributed by atoms with Crippen molar-refractivity contribution in [3.05, 3.63) is 52.6 Å². The van der Waals surface area contributed by atoms with Crippen molar-refractivity contribution >= 4 is 44.0 Å². The topological polar surface area (TPSA) is 65.0 Å². The number of hydrogen-bond donors (Lipinski definition) is 1. The van der Waals surface area contributed by atoms with Gasteiger partial charge in [-0.2, -0.15) is 0 Å².